The van der Waals surface area contributed by atoms with E-state index in [9.17, 15) is 29.7 Å². The Morgan fingerprint density at radius 2 is 1.30 bits per heavy atom. The molecule has 0 spiro atoms. The van der Waals surface area contributed by atoms with Gasteiger partial charge in [0.25, 0.3) is 11.8 Å². The molecule has 0 aromatic heterocycles. The molecule has 0 aliphatic heterocycles. The second kappa shape index (κ2) is 16.6. The molecule has 0 unspecified atom stereocenters. The van der Waals surface area contributed by atoms with E-state index in [1.54, 1.807) is 74.5 Å². The van der Waals surface area contributed by atoms with E-state index in [0.29, 0.717) is 23.1 Å². The molecule has 3 amide bonds. The van der Waals surface area contributed by atoms with Crippen LogP contribution in [0, 0.1) is 5.92 Å². The van der Waals surface area contributed by atoms with Crippen LogP contribution in [0.1, 0.15) is 36.1 Å². The zero-order valence-electron chi connectivity index (χ0n) is 26.5. The number of nitrogens with one attached hydrogen (secondary N) is 3. The molecule has 252 valence electrons. The van der Waals surface area contributed by atoms with Gasteiger partial charge in [0.15, 0.2) is 12.2 Å². The summed E-state index contributed by atoms with van der Waals surface area (Å²) in [6.45, 7) is 3.28. The Bertz CT molecular complexity index is 1490. The smallest absolute Gasteiger partial charge is 0.253 e. The highest BCUT2D eigenvalue weighted by Crippen LogP contribution is 2.42. The van der Waals surface area contributed by atoms with Crippen molar-refractivity contribution in [3.05, 3.63) is 107 Å². The van der Waals surface area contributed by atoms with Gasteiger partial charge >= 0.3 is 0 Å². The maximum absolute atomic E-state index is 14.0. The Morgan fingerprint density at radius 3 is 1.81 bits per heavy atom. The van der Waals surface area contributed by atoms with Crippen molar-refractivity contribution in [2.45, 2.75) is 73.6 Å². The van der Waals surface area contributed by atoms with Gasteiger partial charge in [-0.3, -0.25) is 14.4 Å². The summed E-state index contributed by atoms with van der Waals surface area (Å²) in [5.74, 6) is -2.44. The van der Waals surface area contributed by atoms with Crippen molar-refractivity contribution >= 4 is 40.3 Å². The molecule has 6 N–H and O–H groups in total. The topological polar surface area (TPSA) is 166 Å². The number of rotatable bonds is 15. The fraction of sp³-hybridized carbons (Fsp3) is 0.400. The normalized spacial score (nSPS) is 20.4. The number of alkyl halides is 1. The fourth-order valence-corrected chi connectivity index (χ4v) is 6.46. The van der Waals surface area contributed by atoms with Crippen molar-refractivity contribution in [3.8, 4) is 0 Å². The number of halogens is 1. The molecule has 0 saturated heterocycles. The molecule has 0 heterocycles. The molecule has 0 saturated carbocycles. The summed E-state index contributed by atoms with van der Waals surface area (Å²) in [4.78, 5) is 40.2. The lowest BCUT2D eigenvalue weighted by atomic mass is 9.98. The molecule has 1 aliphatic carbocycles. The third kappa shape index (κ3) is 8.95. The van der Waals surface area contributed by atoms with Gasteiger partial charge in [0.05, 0.1) is 19.3 Å². The predicted molar refractivity (Wildman–Crippen MR) is 183 cm³/mol. The lowest BCUT2D eigenvalue weighted by molar-refractivity contribution is -0.171. The Kier molecular flexibility index (Phi) is 12.9. The largest absolute Gasteiger partial charge is 0.389 e. The molecule has 4 rings (SSSR count). The number of amides is 3. The Labute approximate surface area is 288 Å². The average molecular weight is 760 g/mol. The summed E-state index contributed by atoms with van der Waals surface area (Å²) in [5.41, 5.74) is 2.95. The van der Waals surface area contributed by atoms with Gasteiger partial charge in [0.1, 0.15) is 21.8 Å². The van der Waals surface area contributed by atoms with E-state index >= 15 is 0 Å². The SMILES string of the molecule is CNC(=O)[C@@H](NC(=O)[C@H](OCc1ccccc1)[C@H](O)[C@@H](O)[C@@H](OCc1ccccc1)C(=O)N[C@]1(I)c2ccccc2C[C@H]1O)C(C)C. The first-order valence-electron chi connectivity index (χ1n) is 15.4. The summed E-state index contributed by atoms with van der Waals surface area (Å²) in [6.07, 6.45) is -8.04. The van der Waals surface area contributed by atoms with Crippen LogP contribution in [0.3, 0.4) is 0 Å². The fourth-order valence-electron chi connectivity index (χ4n) is 5.45. The molecule has 3 aromatic carbocycles. The van der Waals surface area contributed by atoms with Crippen molar-refractivity contribution in [1.29, 1.82) is 0 Å². The zero-order valence-corrected chi connectivity index (χ0v) is 28.7. The van der Waals surface area contributed by atoms with E-state index in [2.05, 4.69) is 16.0 Å². The van der Waals surface area contributed by atoms with E-state index < -0.39 is 57.8 Å². The number of aliphatic hydroxyl groups excluding tert-OH is 3. The number of carbonyl (C=O) groups is 3. The van der Waals surface area contributed by atoms with Gasteiger partial charge in [-0.25, -0.2) is 0 Å². The number of hydrogen-bond acceptors (Lipinski definition) is 8. The summed E-state index contributed by atoms with van der Waals surface area (Å²) in [5, 5.41) is 42.2. The summed E-state index contributed by atoms with van der Waals surface area (Å²) in [7, 11) is 1.44. The minimum absolute atomic E-state index is 0.107. The van der Waals surface area contributed by atoms with Crippen LogP contribution < -0.4 is 16.0 Å². The third-order valence-corrected chi connectivity index (χ3v) is 9.68. The number of likely N-dealkylation sites (N-methyl/N-ethyl adjacent to an activating group) is 1. The second-order valence-corrected chi connectivity index (χ2v) is 13.5. The van der Waals surface area contributed by atoms with E-state index in [0.717, 1.165) is 5.56 Å². The summed E-state index contributed by atoms with van der Waals surface area (Å²) in [6, 6.07) is 24.2. The van der Waals surface area contributed by atoms with Gasteiger partial charge in [-0.1, -0.05) is 98.8 Å². The van der Waals surface area contributed by atoms with Gasteiger partial charge in [0.2, 0.25) is 5.91 Å². The van der Waals surface area contributed by atoms with Crippen LogP contribution in [0.4, 0.5) is 0 Å². The molecule has 7 atom stereocenters. The van der Waals surface area contributed by atoms with E-state index in [-0.39, 0.29) is 19.1 Å². The quantitative estimate of drug-likeness (QED) is 0.0779. The Morgan fingerprint density at radius 1 is 0.809 bits per heavy atom. The number of hydrogen-bond donors (Lipinski definition) is 6. The van der Waals surface area contributed by atoms with Crippen LogP contribution in [0.15, 0.2) is 84.9 Å². The first-order chi connectivity index (χ1) is 22.5. The number of aliphatic hydroxyl groups is 3. The van der Waals surface area contributed by atoms with Crippen molar-refractivity contribution in [1.82, 2.24) is 16.0 Å². The monoisotopic (exact) mass is 759 g/mol. The predicted octanol–water partition coefficient (Wildman–Crippen LogP) is 2.09. The van der Waals surface area contributed by atoms with Gasteiger partial charge in [-0.05, 0) is 50.8 Å². The van der Waals surface area contributed by atoms with Crippen LogP contribution >= 0.6 is 22.6 Å². The minimum Gasteiger partial charge on any atom is -0.389 e. The third-order valence-electron chi connectivity index (χ3n) is 8.11. The van der Waals surface area contributed by atoms with Crippen molar-refractivity contribution in [3.63, 3.8) is 0 Å². The molecule has 0 fully saturated rings. The molecule has 12 heteroatoms. The van der Waals surface area contributed by atoms with Crippen molar-refractivity contribution < 1.29 is 39.2 Å². The van der Waals surface area contributed by atoms with Gasteiger partial charge < -0.3 is 40.7 Å². The van der Waals surface area contributed by atoms with Crippen LogP contribution in [-0.2, 0) is 47.0 Å². The van der Waals surface area contributed by atoms with Crippen LogP contribution in [0.2, 0.25) is 0 Å². The molecular weight excluding hydrogens is 717 g/mol. The first kappa shape index (κ1) is 36.4. The van der Waals surface area contributed by atoms with Crippen LogP contribution in [-0.4, -0.2) is 76.7 Å². The zero-order chi connectivity index (χ0) is 34.1. The first-order valence-corrected chi connectivity index (χ1v) is 16.5. The molecule has 47 heavy (non-hydrogen) atoms. The van der Waals surface area contributed by atoms with Crippen molar-refractivity contribution in [2.24, 2.45) is 5.92 Å². The number of fused-ring (bicyclic) bond motifs is 1. The second-order valence-electron chi connectivity index (χ2n) is 11.8. The van der Waals surface area contributed by atoms with Gasteiger partial charge in [-0.2, -0.15) is 0 Å². The molecule has 1 aliphatic rings. The van der Waals surface area contributed by atoms with E-state index in [4.69, 9.17) is 9.47 Å². The van der Waals surface area contributed by atoms with Gasteiger partial charge in [-0.15, -0.1) is 0 Å². The standard InChI is InChI=1S/C35H42IN3O8/c1-21(2)27(32(43)37-3)38-33(44)30(46-19-22-12-6-4-7-13-22)28(41)29(42)31(47-20-23-14-8-5-9-15-23)34(45)39-35(36)25-17-11-10-16-24(25)18-26(35)40/h4-17,21,26-31,40-42H,18-20H2,1-3H3,(H,37,43)(H,38,44)(H,39,45)/t26-,27+,28-,29-,30-,31-,35-/m1/s1. The molecule has 0 bridgehead atoms. The maximum atomic E-state index is 14.0. The Balaban J connectivity index is 1.63. The van der Waals surface area contributed by atoms with E-state index in [1.165, 1.54) is 7.05 Å². The minimum atomic E-state index is -1.98. The summed E-state index contributed by atoms with van der Waals surface area (Å²) < 4.78 is 10.6. The van der Waals surface area contributed by atoms with Gasteiger partial charge in [0, 0.05) is 13.5 Å². The average Bonchev–Trinajstić information content (AvgIpc) is 3.32. The number of carbonyl (C=O) groups excluding carboxylic acids is 3. The molecular formula is C35H42IN3O8. The molecule has 11 nitrogen and oxygen atoms in total. The maximum Gasteiger partial charge on any atom is 0.253 e. The molecule has 3 aromatic rings. The summed E-state index contributed by atoms with van der Waals surface area (Å²) >= 11 is 1.98. The lowest BCUT2D eigenvalue weighted by Crippen LogP contribution is -2.60. The van der Waals surface area contributed by atoms with Crippen LogP contribution in [0.5, 0.6) is 0 Å². The number of benzene rings is 3. The Hall–Kier alpha value is -3.40. The lowest BCUT2D eigenvalue weighted by Gasteiger charge is -2.34. The van der Waals surface area contributed by atoms with Crippen molar-refractivity contribution in [2.75, 3.05) is 7.05 Å². The molecule has 0 radical (unpaired) electrons. The highest BCUT2D eigenvalue weighted by Gasteiger charge is 2.48. The highest BCUT2D eigenvalue weighted by molar-refractivity contribution is 14.1. The van der Waals surface area contributed by atoms with E-state index in [1.807, 2.05) is 46.9 Å². The van der Waals surface area contributed by atoms with Crippen LogP contribution in [0.25, 0.3) is 0 Å². The number of ether oxygens (including phenoxy) is 2. The highest BCUT2D eigenvalue weighted by atomic mass is 127.